The summed E-state index contributed by atoms with van der Waals surface area (Å²) in [7, 11) is 0. The Bertz CT molecular complexity index is 534. The Hall–Kier alpha value is -2.17. The Morgan fingerprint density at radius 1 is 1.09 bits per heavy atom. The highest BCUT2D eigenvalue weighted by atomic mass is 16.2. The Kier molecular flexibility index (Phi) is 5.69. The normalized spacial score (nSPS) is 15.4. The van der Waals surface area contributed by atoms with Crippen LogP contribution in [0.1, 0.15) is 43.0 Å². The molecule has 1 saturated heterocycles. The predicted octanol–water partition coefficient (Wildman–Crippen LogP) is 1.78. The number of Topliss-reactive ketones (excluding diaryl/α,β-unsaturated/α-hetero) is 1. The number of carbonyl (C=O) groups excluding carboxylic acids is 3. The van der Waals surface area contributed by atoms with Gasteiger partial charge in [0.05, 0.1) is 0 Å². The van der Waals surface area contributed by atoms with Gasteiger partial charge in [-0.3, -0.25) is 14.4 Å². The first-order valence-corrected chi connectivity index (χ1v) is 7.69. The molecule has 1 aliphatic rings. The van der Waals surface area contributed by atoms with Crippen LogP contribution in [-0.4, -0.2) is 41.6 Å². The minimum Gasteiger partial charge on any atom is -0.353 e. The Balaban J connectivity index is 1.74. The van der Waals surface area contributed by atoms with E-state index in [1.165, 1.54) is 6.92 Å². The molecule has 5 heteroatoms. The lowest BCUT2D eigenvalue weighted by Crippen LogP contribution is -2.46. The van der Waals surface area contributed by atoms with Crippen molar-refractivity contribution in [1.29, 1.82) is 0 Å². The summed E-state index contributed by atoms with van der Waals surface area (Å²) in [6, 6.07) is 9.20. The Labute approximate surface area is 130 Å². The topological polar surface area (TPSA) is 66.5 Å². The summed E-state index contributed by atoms with van der Waals surface area (Å²) in [5, 5.41) is 2.88. The van der Waals surface area contributed by atoms with E-state index in [0.717, 1.165) is 12.8 Å². The highest BCUT2D eigenvalue weighted by Gasteiger charge is 2.23. The van der Waals surface area contributed by atoms with Crippen molar-refractivity contribution in [3.05, 3.63) is 35.9 Å². The van der Waals surface area contributed by atoms with Crippen LogP contribution in [0.15, 0.2) is 30.3 Å². The molecule has 118 valence electrons. The standard InChI is InChI=1S/C17H22N2O3/c1-13(20)18-15-9-11-19(12-10-15)17(22)8-7-16(21)14-5-3-2-4-6-14/h2-6,15H,7-12H2,1H3,(H,18,20). The van der Waals surface area contributed by atoms with Gasteiger partial charge in [0.1, 0.15) is 0 Å². The summed E-state index contributed by atoms with van der Waals surface area (Å²) in [6.07, 6.45) is 2.04. The van der Waals surface area contributed by atoms with Gasteiger partial charge in [-0.2, -0.15) is 0 Å². The quantitative estimate of drug-likeness (QED) is 0.843. The lowest BCUT2D eigenvalue weighted by atomic mass is 10.0. The van der Waals surface area contributed by atoms with E-state index in [1.807, 2.05) is 18.2 Å². The predicted molar refractivity (Wildman–Crippen MR) is 83.4 cm³/mol. The fraction of sp³-hybridized carbons (Fsp3) is 0.471. The molecule has 1 aromatic carbocycles. The lowest BCUT2D eigenvalue weighted by molar-refractivity contribution is -0.132. The number of ketones is 1. The molecular weight excluding hydrogens is 280 g/mol. The van der Waals surface area contributed by atoms with Crippen molar-refractivity contribution in [3.8, 4) is 0 Å². The molecule has 2 amide bonds. The van der Waals surface area contributed by atoms with Crippen LogP contribution in [0, 0.1) is 0 Å². The van der Waals surface area contributed by atoms with E-state index >= 15 is 0 Å². The van der Waals surface area contributed by atoms with Crippen LogP contribution in [0.4, 0.5) is 0 Å². The van der Waals surface area contributed by atoms with Crippen LogP contribution < -0.4 is 5.32 Å². The molecule has 2 rings (SSSR count). The molecule has 22 heavy (non-hydrogen) atoms. The van der Waals surface area contributed by atoms with Crippen LogP contribution in [0.5, 0.6) is 0 Å². The molecule has 0 radical (unpaired) electrons. The third-order valence-electron chi connectivity index (χ3n) is 3.92. The second-order valence-corrected chi connectivity index (χ2v) is 5.64. The van der Waals surface area contributed by atoms with Crippen molar-refractivity contribution in [1.82, 2.24) is 10.2 Å². The van der Waals surface area contributed by atoms with Crippen molar-refractivity contribution >= 4 is 17.6 Å². The molecule has 5 nitrogen and oxygen atoms in total. The maximum absolute atomic E-state index is 12.1. The highest BCUT2D eigenvalue weighted by Crippen LogP contribution is 2.13. The minimum atomic E-state index is -0.0294. The summed E-state index contributed by atoms with van der Waals surface area (Å²) in [6.45, 7) is 2.79. The van der Waals surface area contributed by atoms with E-state index in [1.54, 1.807) is 17.0 Å². The molecule has 1 aliphatic heterocycles. The second kappa shape index (κ2) is 7.73. The lowest BCUT2D eigenvalue weighted by Gasteiger charge is -2.32. The molecule has 0 aromatic heterocycles. The van der Waals surface area contributed by atoms with Gasteiger partial charge in [-0.15, -0.1) is 0 Å². The van der Waals surface area contributed by atoms with Crippen LogP contribution in [0.2, 0.25) is 0 Å². The third kappa shape index (κ3) is 4.69. The number of nitrogens with zero attached hydrogens (tertiary/aromatic N) is 1. The summed E-state index contributed by atoms with van der Waals surface area (Å²) in [5.41, 5.74) is 0.652. The zero-order valence-electron chi connectivity index (χ0n) is 12.9. The number of rotatable bonds is 5. The summed E-state index contributed by atoms with van der Waals surface area (Å²) in [5.74, 6) is -0.00845. The van der Waals surface area contributed by atoms with Gasteiger partial charge in [0, 0.05) is 44.5 Å². The van der Waals surface area contributed by atoms with E-state index in [0.29, 0.717) is 18.7 Å². The molecule has 0 unspecified atom stereocenters. The van der Waals surface area contributed by atoms with Gasteiger partial charge in [-0.1, -0.05) is 30.3 Å². The van der Waals surface area contributed by atoms with Crippen molar-refractivity contribution < 1.29 is 14.4 Å². The zero-order chi connectivity index (χ0) is 15.9. The van der Waals surface area contributed by atoms with Crippen LogP contribution >= 0.6 is 0 Å². The van der Waals surface area contributed by atoms with Crippen LogP contribution in [0.3, 0.4) is 0 Å². The molecule has 0 spiro atoms. The molecule has 1 N–H and O–H groups in total. The molecule has 0 aliphatic carbocycles. The summed E-state index contributed by atoms with van der Waals surface area (Å²) < 4.78 is 0. The Morgan fingerprint density at radius 2 is 1.73 bits per heavy atom. The largest absolute Gasteiger partial charge is 0.353 e. The maximum atomic E-state index is 12.1. The van der Waals surface area contributed by atoms with Gasteiger partial charge in [0.15, 0.2) is 5.78 Å². The Morgan fingerprint density at radius 3 is 2.32 bits per heavy atom. The first kappa shape index (κ1) is 16.2. The van der Waals surface area contributed by atoms with Gasteiger partial charge < -0.3 is 10.2 Å². The molecule has 1 fully saturated rings. The molecule has 1 aromatic rings. The van der Waals surface area contributed by atoms with Gasteiger partial charge in [0.2, 0.25) is 11.8 Å². The van der Waals surface area contributed by atoms with E-state index < -0.39 is 0 Å². The fourth-order valence-corrected chi connectivity index (χ4v) is 2.71. The average Bonchev–Trinajstić information content (AvgIpc) is 2.53. The smallest absolute Gasteiger partial charge is 0.223 e. The molecule has 0 bridgehead atoms. The van der Waals surface area contributed by atoms with Gasteiger partial charge in [-0.25, -0.2) is 0 Å². The number of hydrogen-bond donors (Lipinski definition) is 1. The fourth-order valence-electron chi connectivity index (χ4n) is 2.71. The van der Waals surface area contributed by atoms with Gasteiger partial charge in [0.25, 0.3) is 0 Å². The zero-order valence-corrected chi connectivity index (χ0v) is 12.9. The molecule has 0 saturated carbocycles. The molecular formula is C17H22N2O3. The highest BCUT2D eigenvalue weighted by molar-refractivity contribution is 5.97. The first-order chi connectivity index (χ1) is 10.6. The first-order valence-electron chi connectivity index (χ1n) is 7.69. The van der Waals surface area contributed by atoms with E-state index in [4.69, 9.17) is 0 Å². The molecule has 0 atom stereocenters. The molecule has 1 heterocycles. The number of benzene rings is 1. The van der Waals surface area contributed by atoms with E-state index in [2.05, 4.69) is 5.32 Å². The number of hydrogen-bond acceptors (Lipinski definition) is 3. The van der Waals surface area contributed by atoms with Crippen molar-refractivity contribution in [3.63, 3.8) is 0 Å². The minimum absolute atomic E-state index is 0.00193. The SMILES string of the molecule is CC(=O)NC1CCN(C(=O)CCC(=O)c2ccccc2)CC1. The monoisotopic (exact) mass is 302 g/mol. The number of piperidine rings is 1. The third-order valence-corrected chi connectivity index (χ3v) is 3.92. The van der Waals surface area contributed by atoms with Crippen molar-refractivity contribution in [2.45, 2.75) is 38.6 Å². The van der Waals surface area contributed by atoms with Crippen LogP contribution in [-0.2, 0) is 9.59 Å². The number of nitrogens with one attached hydrogen (secondary N) is 1. The van der Waals surface area contributed by atoms with Crippen molar-refractivity contribution in [2.75, 3.05) is 13.1 Å². The summed E-state index contributed by atoms with van der Waals surface area (Å²) >= 11 is 0. The summed E-state index contributed by atoms with van der Waals surface area (Å²) in [4.78, 5) is 36.9. The van der Waals surface area contributed by atoms with Gasteiger partial charge in [-0.05, 0) is 12.8 Å². The van der Waals surface area contributed by atoms with Crippen molar-refractivity contribution in [2.24, 2.45) is 0 Å². The van der Waals surface area contributed by atoms with E-state index in [9.17, 15) is 14.4 Å². The van der Waals surface area contributed by atoms with Crippen LogP contribution in [0.25, 0.3) is 0 Å². The number of carbonyl (C=O) groups is 3. The van der Waals surface area contributed by atoms with E-state index in [-0.39, 0.29) is 36.5 Å². The average molecular weight is 302 g/mol. The maximum Gasteiger partial charge on any atom is 0.223 e. The van der Waals surface area contributed by atoms with Gasteiger partial charge >= 0.3 is 0 Å². The number of likely N-dealkylation sites (tertiary alicyclic amines) is 1. The second-order valence-electron chi connectivity index (χ2n) is 5.64. The number of amides is 2.